The minimum absolute atomic E-state index is 0.293. The van der Waals surface area contributed by atoms with Crippen LogP contribution in [0.3, 0.4) is 0 Å². The Morgan fingerprint density at radius 3 is 2.44 bits per heavy atom. The van der Waals surface area contributed by atoms with Gasteiger partial charge in [0.15, 0.2) is 11.5 Å². The molecule has 0 saturated heterocycles. The lowest BCUT2D eigenvalue weighted by atomic mass is 10.2. The Bertz CT molecular complexity index is 426. The first-order valence-corrected chi connectivity index (χ1v) is 6.45. The highest BCUT2D eigenvalue weighted by Crippen LogP contribution is 2.37. The quantitative estimate of drug-likeness (QED) is 0.883. The smallest absolute Gasteiger partial charge is 0.162 e. The number of anilines is 1. The number of methoxy groups -OCH3 is 2. The Labute approximate surface area is 112 Å². The fourth-order valence-electron chi connectivity index (χ4n) is 2.33. The Hall–Kier alpha value is -1.13. The van der Waals surface area contributed by atoms with E-state index in [4.69, 9.17) is 26.8 Å². The van der Waals surface area contributed by atoms with Crippen molar-refractivity contribution in [2.45, 2.75) is 31.3 Å². The van der Waals surface area contributed by atoms with Crippen LogP contribution in [0.25, 0.3) is 0 Å². The molecule has 1 fully saturated rings. The molecule has 1 saturated carbocycles. The van der Waals surface area contributed by atoms with Gasteiger partial charge in [-0.05, 0) is 19.3 Å². The Balaban J connectivity index is 2.17. The fraction of sp³-hybridized carbons (Fsp3) is 0.538. The first kappa shape index (κ1) is 13.3. The third-order valence-corrected chi connectivity index (χ3v) is 3.62. The fourth-order valence-corrected chi connectivity index (χ4v) is 2.54. The maximum atomic E-state index is 6.22. The molecule has 1 aromatic carbocycles. The van der Waals surface area contributed by atoms with Crippen LogP contribution in [0.4, 0.5) is 5.69 Å². The topological polar surface area (TPSA) is 56.5 Å². The highest BCUT2D eigenvalue weighted by molar-refractivity contribution is 6.33. The summed E-state index contributed by atoms with van der Waals surface area (Å²) in [6.45, 7) is 0. The third kappa shape index (κ3) is 2.82. The monoisotopic (exact) mass is 270 g/mol. The predicted molar refractivity (Wildman–Crippen MR) is 73.8 cm³/mol. The summed E-state index contributed by atoms with van der Waals surface area (Å²) >= 11 is 6.22. The number of nitrogens with two attached hydrogens (primary N) is 1. The van der Waals surface area contributed by atoms with Crippen molar-refractivity contribution in [2.24, 2.45) is 5.73 Å². The van der Waals surface area contributed by atoms with Crippen LogP contribution in [0.1, 0.15) is 19.3 Å². The molecule has 1 aromatic rings. The zero-order chi connectivity index (χ0) is 13.1. The van der Waals surface area contributed by atoms with E-state index in [1.54, 1.807) is 20.3 Å². The average Bonchev–Trinajstić information content (AvgIpc) is 2.77. The molecule has 100 valence electrons. The molecule has 0 aromatic heterocycles. The molecule has 0 radical (unpaired) electrons. The van der Waals surface area contributed by atoms with Crippen molar-refractivity contribution in [2.75, 3.05) is 19.5 Å². The average molecular weight is 271 g/mol. The molecular weight excluding hydrogens is 252 g/mol. The van der Waals surface area contributed by atoms with Crippen molar-refractivity contribution < 1.29 is 9.47 Å². The van der Waals surface area contributed by atoms with Crippen molar-refractivity contribution in [3.8, 4) is 11.5 Å². The lowest BCUT2D eigenvalue weighted by Crippen LogP contribution is -2.20. The van der Waals surface area contributed by atoms with Crippen LogP contribution in [-0.4, -0.2) is 26.3 Å². The zero-order valence-electron chi connectivity index (χ0n) is 10.7. The lowest BCUT2D eigenvalue weighted by molar-refractivity contribution is 0.355. The molecule has 2 rings (SSSR count). The molecule has 0 aliphatic heterocycles. The molecule has 2 atom stereocenters. The summed E-state index contributed by atoms with van der Waals surface area (Å²) in [6, 6.07) is 4.31. The first-order chi connectivity index (χ1) is 8.63. The molecule has 1 aliphatic rings. The Kier molecular flexibility index (Phi) is 4.19. The van der Waals surface area contributed by atoms with Crippen LogP contribution in [0.5, 0.6) is 11.5 Å². The van der Waals surface area contributed by atoms with E-state index < -0.39 is 0 Å². The van der Waals surface area contributed by atoms with E-state index >= 15 is 0 Å². The van der Waals surface area contributed by atoms with Crippen LogP contribution in [0.2, 0.25) is 5.02 Å². The minimum Gasteiger partial charge on any atom is -0.493 e. The molecule has 0 bridgehead atoms. The summed E-state index contributed by atoms with van der Waals surface area (Å²) in [4.78, 5) is 0. The van der Waals surface area contributed by atoms with Gasteiger partial charge < -0.3 is 20.5 Å². The van der Waals surface area contributed by atoms with E-state index in [1.165, 1.54) is 0 Å². The molecule has 0 spiro atoms. The van der Waals surface area contributed by atoms with Gasteiger partial charge in [0.2, 0.25) is 0 Å². The number of hydrogen-bond donors (Lipinski definition) is 2. The second kappa shape index (κ2) is 5.67. The van der Waals surface area contributed by atoms with Crippen molar-refractivity contribution in [3.05, 3.63) is 17.2 Å². The molecule has 18 heavy (non-hydrogen) atoms. The Morgan fingerprint density at radius 1 is 1.22 bits per heavy atom. The molecule has 0 heterocycles. The van der Waals surface area contributed by atoms with Gasteiger partial charge in [0.05, 0.1) is 24.9 Å². The molecule has 0 amide bonds. The summed E-state index contributed by atoms with van der Waals surface area (Å²) in [5.41, 5.74) is 6.77. The van der Waals surface area contributed by atoms with E-state index in [9.17, 15) is 0 Å². The van der Waals surface area contributed by atoms with Crippen molar-refractivity contribution in [1.29, 1.82) is 0 Å². The SMILES string of the molecule is COc1cc(Cl)c(NC2CCC(N)C2)cc1OC. The van der Waals surface area contributed by atoms with E-state index in [2.05, 4.69) is 5.32 Å². The number of hydrogen-bond acceptors (Lipinski definition) is 4. The largest absolute Gasteiger partial charge is 0.493 e. The zero-order valence-corrected chi connectivity index (χ0v) is 11.5. The molecule has 5 heteroatoms. The molecular formula is C13H19ClN2O2. The second-order valence-electron chi connectivity index (χ2n) is 4.60. The maximum Gasteiger partial charge on any atom is 0.162 e. The first-order valence-electron chi connectivity index (χ1n) is 6.07. The number of benzene rings is 1. The summed E-state index contributed by atoms with van der Waals surface area (Å²) in [7, 11) is 3.21. The van der Waals surface area contributed by atoms with Gasteiger partial charge in [-0.15, -0.1) is 0 Å². The van der Waals surface area contributed by atoms with Crippen LogP contribution >= 0.6 is 11.6 Å². The van der Waals surface area contributed by atoms with Crippen molar-refractivity contribution in [3.63, 3.8) is 0 Å². The van der Waals surface area contributed by atoms with Gasteiger partial charge in [-0.25, -0.2) is 0 Å². The number of nitrogens with one attached hydrogen (secondary N) is 1. The van der Waals surface area contributed by atoms with Crippen LogP contribution in [-0.2, 0) is 0 Å². The molecule has 3 N–H and O–H groups in total. The van der Waals surface area contributed by atoms with E-state index in [1.807, 2.05) is 6.07 Å². The van der Waals surface area contributed by atoms with Crippen LogP contribution < -0.4 is 20.5 Å². The van der Waals surface area contributed by atoms with Crippen molar-refractivity contribution >= 4 is 17.3 Å². The lowest BCUT2D eigenvalue weighted by Gasteiger charge is -2.17. The number of halogens is 1. The van der Waals surface area contributed by atoms with Gasteiger partial charge in [0, 0.05) is 24.2 Å². The highest BCUT2D eigenvalue weighted by Gasteiger charge is 2.22. The van der Waals surface area contributed by atoms with Crippen LogP contribution in [0.15, 0.2) is 12.1 Å². The third-order valence-electron chi connectivity index (χ3n) is 3.31. The van der Waals surface area contributed by atoms with Gasteiger partial charge >= 0.3 is 0 Å². The van der Waals surface area contributed by atoms with Gasteiger partial charge in [-0.1, -0.05) is 11.6 Å². The molecule has 4 nitrogen and oxygen atoms in total. The summed E-state index contributed by atoms with van der Waals surface area (Å²) in [5, 5.41) is 4.05. The van der Waals surface area contributed by atoms with Crippen LogP contribution in [0, 0.1) is 0 Å². The normalized spacial score (nSPS) is 22.9. The summed E-state index contributed by atoms with van der Waals surface area (Å²) < 4.78 is 10.5. The van der Waals surface area contributed by atoms with Gasteiger partial charge in [-0.3, -0.25) is 0 Å². The van der Waals surface area contributed by atoms with E-state index in [0.717, 1.165) is 24.9 Å². The van der Waals surface area contributed by atoms with Gasteiger partial charge in [-0.2, -0.15) is 0 Å². The summed E-state index contributed by atoms with van der Waals surface area (Å²) in [5.74, 6) is 1.31. The second-order valence-corrected chi connectivity index (χ2v) is 5.01. The van der Waals surface area contributed by atoms with E-state index in [-0.39, 0.29) is 0 Å². The number of ether oxygens (including phenoxy) is 2. The maximum absolute atomic E-state index is 6.22. The van der Waals surface area contributed by atoms with Crippen molar-refractivity contribution in [1.82, 2.24) is 0 Å². The molecule has 1 aliphatic carbocycles. The highest BCUT2D eigenvalue weighted by atomic mass is 35.5. The predicted octanol–water partition coefficient (Wildman–Crippen LogP) is 2.65. The Morgan fingerprint density at radius 2 is 1.89 bits per heavy atom. The van der Waals surface area contributed by atoms with E-state index in [0.29, 0.717) is 28.6 Å². The van der Waals surface area contributed by atoms with Gasteiger partial charge in [0.25, 0.3) is 0 Å². The van der Waals surface area contributed by atoms with Gasteiger partial charge in [0.1, 0.15) is 0 Å². The standard InChI is InChI=1S/C13H19ClN2O2/c1-17-12-6-10(14)11(7-13(12)18-2)16-9-4-3-8(15)5-9/h6-9,16H,3-5,15H2,1-2H3. The number of rotatable bonds is 4. The minimum atomic E-state index is 0.293. The summed E-state index contributed by atoms with van der Waals surface area (Å²) in [6.07, 6.45) is 3.11. The molecule has 2 unspecified atom stereocenters.